The van der Waals surface area contributed by atoms with E-state index in [0.717, 1.165) is 37.8 Å². The third-order valence-electron chi connectivity index (χ3n) is 3.54. The summed E-state index contributed by atoms with van der Waals surface area (Å²) in [4.78, 5) is 4.58. The van der Waals surface area contributed by atoms with Crippen LogP contribution in [0.5, 0.6) is 0 Å². The lowest BCUT2D eigenvalue weighted by Crippen LogP contribution is -2.34. The molecule has 1 atom stereocenters. The van der Waals surface area contributed by atoms with E-state index in [9.17, 15) is 0 Å². The topological polar surface area (TPSA) is 34.2 Å². The molecule has 0 aliphatic carbocycles. The second-order valence-electron chi connectivity index (χ2n) is 5.13. The highest BCUT2D eigenvalue weighted by Gasteiger charge is 2.19. The highest BCUT2D eigenvalue weighted by atomic mass is 32.1. The van der Waals surface area contributed by atoms with Gasteiger partial charge in [0.25, 0.3) is 0 Å². The minimum absolute atomic E-state index is 0.573. The molecule has 18 heavy (non-hydrogen) atoms. The van der Waals surface area contributed by atoms with E-state index in [2.05, 4.69) is 29.5 Å². The number of thiazole rings is 1. The minimum atomic E-state index is 0.573. The molecule has 1 N–H and O–H groups in total. The maximum absolute atomic E-state index is 5.43. The smallest absolute Gasteiger partial charge is 0.0943 e. The summed E-state index contributed by atoms with van der Waals surface area (Å²) in [6, 6.07) is 0.573. The second kappa shape index (κ2) is 7.22. The van der Waals surface area contributed by atoms with Gasteiger partial charge in [-0.1, -0.05) is 6.92 Å². The number of nitrogens with one attached hydrogen (secondary N) is 1. The van der Waals surface area contributed by atoms with Crippen molar-refractivity contribution in [1.82, 2.24) is 10.3 Å². The van der Waals surface area contributed by atoms with Crippen LogP contribution in [-0.2, 0) is 11.2 Å². The van der Waals surface area contributed by atoms with E-state index < -0.39 is 0 Å². The van der Waals surface area contributed by atoms with Crippen molar-refractivity contribution in [1.29, 1.82) is 0 Å². The van der Waals surface area contributed by atoms with Gasteiger partial charge in [-0.3, -0.25) is 0 Å². The molecule has 1 aromatic rings. The molecule has 3 nitrogen and oxygen atoms in total. The van der Waals surface area contributed by atoms with Crippen LogP contribution in [-0.4, -0.2) is 30.8 Å². The summed E-state index contributed by atoms with van der Waals surface area (Å²) in [5.41, 5.74) is 1.15. The Morgan fingerprint density at radius 3 is 2.89 bits per heavy atom. The van der Waals surface area contributed by atoms with E-state index in [1.807, 2.05) is 0 Å². The lowest BCUT2D eigenvalue weighted by molar-refractivity contribution is 0.0606. The molecule has 0 spiro atoms. The lowest BCUT2D eigenvalue weighted by Gasteiger charge is -2.26. The molecular formula is C14H24N2OS. The van der Waals surface area contributed by atoms with Crippen LogP contribution in [0.1, 0.15) is 36.9 Å². The van der Waals surface area contributed by atoms with Gasteiger partial charge in [0.1, 0.15) is 0 Å². The molecular weight excluding hydrogens is 244 g/mol. The number of hydrogen-bond acceptors (Lipinski definition) is 4. The average Bonchev–Trinajstić information content (AvgIpc) is 2.76. The first-order chi connectivity index (χ1) is 8.78. The van der Waals surface area contributed by atoms with Gasteiger partial charge in [0.05, 0.1) is 5.01 Å². The van der Waals surface area contributed by atoms with E-state index in [-0.39, 0.29) is 0 Å². The normalized spacial score (nSPS) is 19.0. The maximum atomic E-state index is 5.43. The zero-order chi connectivity index (χ0) is 12.8. The Balaban J connectivity index is 1.86. The molecule has 0 amide bonds. The molecule has 2 heterocycles. The standard InChI is InChI=1S/C14H24N2OS/c1-3-15-13(8-12-4-6-17-7-5-12)9-14-16-11(2)10-18-14/h10,12-13,15H,3-9H2,1-2H3. The molecule has 2 rings (SSSR count). The summed E-state index contributed by atoms with van der Waals surface area (Å²) in [6.07, 6.45) is 4.77. The Bertz CT molecular complexity index is 347. The fraction of sp³-hybridized carbons (Fsp3) is 0.786. The van der Waals surface area contributed by atoms with Crippen LogP contribution in [0.3, 0.4) is 0 Å². The van der Waals surface area contributed by atoms with E-state index in [1.165, 1.54) is 24.3 Å². The molecule has 0 saturated carbocycles. The zero-order valence-corrected chi connectivity index (χ0v) is 12.3. The van der Waals surface area contributed by atoms with E-state index in [4.69, 9.17) is 4.74 Å². The molecule has 0 aromatic carbocycles. The molecule has 1 aliphatic rings. The predicted octanol–water partition coefficient (Wildman–Crippen LogP) is 2.79. The second-order valence-corrected chi connectivity index (χ2v) is 6.08. The van der Waals surface area contributed by atoms with Gasteiger partial charge in [-0.15, -0.1) is 11.3 Å². The van der Waals surface area contributed by atoms with Gasteiger partial charge >= 0.3 is 0 Å². The van der Waals surface area contributed by atoms with Crippen molar-refractivity contribution >= 4 is 11.3 Å². The van der Waals surface area contributed by atoms with Gasteiger partial charge in [-0.05, 0) is 38.6 Å². The summed E-state index contributed by atoms with van der Waals surface area (Å²) in [5, 5.41) is 7.03. The van der Waals surface area contributed by atoms with Crippen molar-refractivity contribution in [3.63, 3.8) is 0 Å². The van der Waals surface area contributed by atoms with Crippen LogP contribution in [0, 0.1) is 12.8 Å². The van der Waals surface area contributed by atoms with E-state index >= 15 is 0 Å². The van der Waals surface area contributed by atoms with Crippen molar-refractivity contribution in [3.8, 4) is 0 Å². The molecule has 1 saturated heterocycles. The van der Waals surface area contributed by atoms with Gasteiger partial charge in [0, 0.05) is 36.8 Å². The summed E-state index contributed by atoms with van der Waals surface area (Å²) in [5.74, 6) is 0.823. The fourth-order valence-electron chi connectivity index (χ4n) is 2.62. The number of hydrogen-bond donors (Lipinski definition) is 1. The summed E-state index contributed by atoms with van der Waals surface area (Å²) in [6.45, 7) is 7.18. The Labute approximate surface area is 114 Å². The van der Waals surface area contributed by atoms with Crippen LogP contribution in [0.15, 0.2) is 5.38 Å². The van der Waals surface area contributed by atoms with Crippen molar-refractivity contribution < 1.29 is 4.74 Å². The van der Waals surface area contributed by atoms with Crippen LogP contribution < -0.4 is 5.32 Å². The Kier molecular flexibility index (Phi) is 5.60. The summed E-state index contributed by atoms with van der Waals surface area (Å²) in [7, 11) is 0. The first-order valence-electron chi connectivity index (χ1n) is 7.00. The lowest BCUT2D eigenvalue weighted by atomic mass is 9.91. The zero-order valence-electron chi connectivity index (χ0n) is 11.4. The molecule has 4 heteroatoms. The molecule has 1 aromatic heterocycles. The quantitative estimate of drug-likeness (QED) is 0.861. The van der Waals surface area contributed by atoms with Crippen molar-refractivity contribution in [3.05, 3.63) is 16.1 Å². The number of aromatic nitrogens is 1. The Morgan fingerprint density at radius 1 is 1.50 bits per heavy atom. The van der Waals surface area contributed by atoms with Crippen LogP contribution in [0.25, 0.3) is 0 Å². The SMILES string of the molecule is CCNC(Cc1nc(C)cs1)CC1CCOCC1. The number of nitrogens with zero attached hydrogens (tertiary/aromatic N) is 1. The van der Waals surface area contributed by atoms with Crippen LogP contribution in [0.4, 0.5) is 0 Å². The van der Waals surface area contributed by atoms with Crippen LogP contribution >= 0.6 is 11.3 Å². The molecule has 1 aliphatic heterocycles. The maximum Gasteiger partial charge on any atom is 0.0943 e. The first kappa shape index (κ1) is 14.0. The number of likely N-dealkylation sites (N-methyl/N-ethyl adjacent to an activating group) is 1. The highest BCUT2D eigenvalue weighted by Crippen LogP contribution is 2.22. The van der Waals surface area contributed by atoms with Crippen LogP contribution in [0.2, 0.25) is 0 Å². The third kappa shape index (κ3) is 4.34. The third-order valence-corrected chi connectivity index (χ3v) is 4.53. The van der Waals surface area contributed by atoms with Crippen molar-refractivity contribution in [2.24, 2.45) is 5.92 Å². The first-order valence-corrected chi connectivity index (χ1v) is 7.88. The molecule has 1 fully saturated rings. The summed E-state index contributed by atoms with van der Waals surface area (Å²) >= 11 is 1.79. The molecule has 0 bridgehead atoms. The molecule has 102 valence electrons. The van der Waals surface area contributed by atoms with Gasteiger partial charge < -0.3 is 10.1 Å². The number of ether oxygens (including phenoxy) is 1. The van der Waals surface area contributed by atoms with Crippen molar-refractivity contribution in [2.45, 2.75) is 45.6 Å². The number of aryl methyl sites for hydroxylation is 1. The van der Waals surface area contributed by atoms with Gasteiger partial charge in [-0.2, -0.15) is 0 Å². The largest absolute Gasteiger partial charge is 0.381 e. The Hall–Kier alpha value is -0.450. The number of rotatable bonds is 6. The molecule has 1 unspecified atom stereocenters. The van der Waals surface area contributed by atoms with Crippen molar-refractivity contribution in [2.75, 3.05) is 19.8 Å². The monoisotopic (exact) mass is 268 g/mol. The minimum Gasteiger partial charge on any atom is -0.381 e. The highest BCUT2D eigenvalue weighted by molar-refractivity contribution is 7.09. The van der Waals surface area contributed by atoms with Gasteiger partial charge in [-0.25, -0.2) is 4.98 Å². The van der Waals surface area contributed by atoms with E-state index in [0.29, 0.717) is 6.04 Å². The molecule has 0 radical (unpaired) electrons. The van der Waals surface area contributed by atoms with Gasteiger partial charge in [0.2, 0.25) is 0 Å². The fourth-order valence-corrected chi connectivity index (χ4v) is 3.47. The Morgan fingerprint density at radius 2 is 2.28 bits per heavy atom. The van der Waals surface area contributed by atoms with E-state index in [1.54, 1.807) is 11.3 Å². The summed E-state index contributed by atoms with van der Waals surface area (Å²) < 4.78 is 5.43. The predicted molar refractivity (Wildman–Crippen MR) is 76.2 cm³/mol. The average molecular weight is 268 g/mol. The van der Waals surface area contributed by atoms with Gasteiger partial charge in [0.15, 0.2) is 0 Å².